The van der Waals surface area contributed by atoms with Gasteiger partial charge in [0.15, 0.2) is 0 Å². The van der Waals surface area contributed by atoms with E-state index in [1.807, 2.05) is 0 Å². The predicted molar refractivity (Wildman–Crippen MR) is 106 cm³/mol. The first kappa shape index (κ1) is 20.2. The van der Waals surface area contributed by atoms with Crippen LogP contribution in [0.3, 0.4) is 0 Å². The molecule has 0 amide bonds. The van der Waals surface area contributed by atoms with Gasteiger partial charge in [-0.25, -0.2) is 4.39 Å². The van der Waals surface area contributed by atoms with Crippen LogP contribution < -0.4 is 0 Å². The lowest BCUT2D eigenvalue weighted by atomic mass is 9.91. The lowest BCUT2D eigenvalue weighted by Gasteiger charge is -2.21. The van der Waals surface area contributed by atoms with Gasteiger partial charge in [0.05, 0.1) is 5.92 Å². The Bertz CT molecular complexity index is 945. The van der Waals surface area contributed by atoms with Crippen LogP contribution in [0.25, 0.3) is 12.2 Å². The van der Waals surface area contributed by atoms with Crippen LogP contribution in [-0.2, 0) is 6.42 Å². The van der Waals surface area contributed by atoms with E-state index in [-0.39, 0.29) is 12.0 Å². The molecule has 5 heteroatoms. The standard InChI is InChI=1S/C23H17ClF4/c24-20-12-8-16(9-13-20)6-10-19-11-7-17(15-22(19)25)14-21(23(26,27)28)18-4-2-1-3-5-18/h1-13,15,21H,14H2/t21-/m1/s1. The molecule has 3 aromatic rings. The number of rotatable bonds is 5. The van der Waals surface area contributed by atoms with Gasteiger partial charge in [0.25, 0.3) is 0 Å². The van der Waals surface area contributed by atoms with Gasteiger partial charge in [-0.1, -0.05) is 78.4 Å². The van der Waals surface area contributed by atoms with E-state index in [1.165, 1.54) is 30.3 Å². The van der Waals surface area contributed by atoms with Crippen LogP contribution in [0.4, 0.5) is 17.6 Å². The number of alkyl halides is 3. The van der Waals surface area contributed by atoms with Crippen molar-refractivity contribution in [3.63, 3.8) is 0 Å². The molecule has 3 aromatic carbocycles. The molecule has 0 aliphatic heterocycles. The minimum absolute atomic E-state index is 0.169. The average Bonchev–Trinajstić information content (AvgIpc) is 2.66. The van der Waals surface area contributed by atoms with E-state index in [9.17, 15) is 17.6 Å². The van der Waals surface area contributed by atoms with Crippen LogP contribution in [0, 0.1) is 5.82 Å². The van der Waals surface area contributed by atoms with E-state index in [4.69, 9.17) is 11.6 Å². The van der Waals surface area contributed by atoms with Crippen LogP contribution in [0.5, 0.6) is 0 Å². The van der Waals surface area contributed by atoms with Crippen molar-refractivity contribution in [3.8, 4) is 0 Å². The van der Waals surface area contributed by atoms with Crippen molar-refractivity contribution < 1.29 is 17.6 Å². The quantitative estimate of drug-likeness (QED) is 0.304. The van der Waals surface area contributed by atoms with Gasteiger partial charge in [-0.3, -0.25) is 0 Å². The molecule has 0 spiro atoms. The summed E-state index contributed by atoms with van der Waals surface area (Å²) in [7, 11) is 0. The molecular weight excluding hydrogens is 388 g/mol. The van der Waals surface area contributed by atoms with Crippen molar-refractivity contribution >= 4 is 23.8 Å². The highest BCUT2D eigenvalue weighted by atomic mass is 35.5. The van der Waals surface area contributed by atoms with Gasteiger partial charge in [-0.05, 0) is 41.3 Å². The van der Waals surface area contributed by atoms with Crippen molar-refractivity contribution in [2.75, 3.05) is 0 Å². The molecule has 0 radical (unpaired) electrons. The molecule has 0 heterocycles. The Kier molecular flexibility index (Phi) is 6.20. The monoisotopic (exact) mass is 404 g/mol. The van der Waals surface area contributed by atoms with Crippen LogP contribution in [0.1, 0.15) is 28.2 Å². The summed E-state index contributed by atoms with van der Waals surface area (Å²) in [6.45, 7) is 0. The fourth-order valence-electron chi connectivity index (χ4n) is 2.94. The van der Waals surface area contributed by atoms with E-state index in [0.717, 1.165) is 5.56 Å². The summed E-state index contributed by atoms with van der Waals surface area (Å²) in [6.07, 6.45) is -1.42. The molecule has 0 saturated heterocycles. The number of hydrogen-bond donors (Lipinski definition) is 0. The maximum absolute atomic E-state index is 14.4. The predicted octanol–water partition coefficient (Wildman–Crippen LogP) is 7.54. The molecule has 144 valence electrons. The van der Waals surface area contributed by atoms with Gasteiger partial charge < -0.3 is 0 Å². The second-order valence-electron chi connectivity index (χ2n) is 6.45. The summed E-state index contributed by atoms with van der Waals surface area (Å²) in [4.78, 5) is 0. The molecule has 28 heavy (non-hydrogen) atoms. The second kappa shape index (κ2) is 8.61. The lowest BCUT2D eigenvalue weighted by Crippen LogP contribution is -2.23. The van der Waals surface area contributed by atoms with Crippen LogP contribution in [0.15, 0.2) is 72.8 Å². The molecule has 0 fully saturated rings. The van der Waals surface area contributed by atoms with Crippen LogP contribution in [-0.4, -0.2) is 6.18 Å². The smallest absolute Gasteiger partial charge is 0.206 e. The van der Waals surface area contributed by atoms with Crippen molar-refractivity contribution in [2.24, 2.45) is 0 Å². The highest BCUT2D eigenvalue weighted by Gasteiger charge is 2.40. The molecule has 1 atom stereocenters. The zero-order valence-electron chi connectivity index (χ0n) is 14.8. The second-order valence-corrected chi connectivity index (χ2v) is 6.89. The Morgan fingerprint density at radius 1 is 0.857 bits per heavy atom. The minimum Gasteiger partial charge on any atom is -0.206 e. The summed E-state index contributed by atoms with van der Waals surface area (Å²) < 4.78 is 54.9. The lowest BCUT2D eigenvalue weighted by molar-refractivity contribution is -0.150. The SMILES string of the molecule is Fc1cc(C[C@H](c2ccccc2)C(F)(F)F)ccc1C=Cc1ccc(Cl)cc1. The summed E-state index contributed by atoms with van der Waals surface area (Å²) >= 11 is 5.83. The number of halogens is 5. The Hall–Kier alpha value is -2.59. The van der Waals surface area contributed by atoms with E-state index in [0.29, 0.717) is 16.1 Å². The molecule has 0 bridgehead atoms. The first-order valence-electron chi connectivity index (χ1n) is 8.66. The Balaban J connectivity index is 1.80. The molecule has 0 N–H and O–H groups in total. The van der Waals surface area contributed by atoms with E-state index >= 15 is 0 Å². The molecule has 0 unspecified atom stereocenters. The van der Waals surface area contributed by atoms with Crippen molar-refractivity contribution in [1.82, 2.24) is 0 Å². The van der Waals surface area contributed by atoms with E-state index in [2.05, 4.69) is 0 Å². The van der Waals surface area contributed by atoms with Gasteiger partial charge in [0.1, 0.15) is 5.82 Å². The highest BCUT2D eigenvalue weighted by molar-refractivity contribution is 6.30. The molecule has 0 aliphatic carbocycles. The van der Waals surface area contributed by atoms with E-state index in [1.54, 1.807) is 54.6 Å². The largest absolute Gasteiger partial charge is 0.396 e. The fourth-order valence-corrected chi connectivity index (χ4v) is 3.06. The minimum atomic E-state index is -4.41. The zero-order chi connectivity index (χ0) is 20.1. The molecule has 0 nitrogen and oxygen atoms in total. The average molecular weight is 405 g/mol. The van der Waals surface area contributed by atoms with Crippen molar-refractivity contribution in [2.45, 2.75) is 18.5 Å². The van der Waals surface area contributed by atoms with E-state index < -0.39 is 17.9 Å². The topological polar surface area (TPSA) is 0 Å². The van der Waals surface area contributed by atoms with Crippen LogP contribution >= 0.6 is 11.6 Å². The molecule has 3 rings (SSSR count). The molecular formula is C23H17ClF4. The van der Waals surface area contributed by atoms with Gasteiger partial charge in [0, 0.05) is 10.6 Å². The van der Waals surface area contributed by atoms with Crippen LogP contribution in [0.2, 0.25) is 5.02 Å². The Labute approximate surface area is 166 Å². The number of hydrogen-bond acceptors (Lipinski definition) is 0. The molecule has 0 aliphatic rings. The first-order valence-corrected chi connectivity index (χ1v) is 9.04. The van der Waals surface area contributed by atoms with Gasteiger partial charge in [0.2, 0.25) is 0 Å². The number of benzene rings is 3. The maximum atomic E-state index is 14.4. The summed E-state index contributed by atoms with van der Waals surface area (Å²) in [5, 5.41) is 0.602. The van der Waals surface area contributed by atoms with Gasteiger partial charge >= 0.3 is 6.18 Å². The molecule has 0 saturated carbocycles. The van der Waals surface area contributed by atoms with Gasteiger partial charge in [-0.15, -0.1) is 0 Å². The van der Waals surface area contributed by atoms with Crippen molar-refractivity contribution in [3.05, 3.63) is 106 Å². The van der Waals surface area contributed by atoms with Crippen molar-refractivity contribution in [1.29, 1.82) is 0 Å². The Morgan fingerprint density at radius 2 is 1.54 bits per heavy atom. The third-order valence-electron chi connectivity index (χ3n) is 4.43. The first-order chi connectivity index (χ1) is 13.3. The Morgan fingerprint density at radius 3 is 2.14 bits per heavy atom. The maximum Gasteiger partial charge on any atom is 0.396 e. The third-order valence-corrected chi connectivity index (χ3v) is 4.68. The van der Waals surface area contributed by atoms with Gasteiger partial charge in [-0.2, -0.15) is 13.2 Å². The third kappa shape index (κ3) is 5.23. The fraction of sp³-hybridized carbons (Fsp3) is 0.130. The summed E-state index contributed by atoms with van der Waals surface area (Å²) in [6, 6.07) is 18.9. The zero-order valence-corrected chi connectivity index (χ0v) is 15.5. The normalized spacial score (nSPS) is 13.0. The highest BCUT2D eigenvalue weighted by Crippen LogP contribution is 2.37. The molecule has 0 aromatic heterocycles. The summed E-state index contributed by atoms with van der Waals surface area (Å²) in [5.41, 5.74) is 1.62. The summed E-state index contributed by atoms with van der Waals surface area (Å²) in [5.74, 6) is -2.24.